The molecule has 0 unspecified atom stereocenters. The van der Waals surface area contributed by atoms with Crippen molar-refractivity contribution in [3.63, 3.8) is 0 Å². The van der Waals surface area contributed by atoms with Crippen molar-refractivity contribution in [3.05, 3.63) is 34.6 Å². The third kappa shape index (κ3) is 2.86. The number of nitro groups is 1. The molecule has 0 saturated heterocycles. The van der Waals surface area contributed by atoms with Crippen LogP contribution in [-0.4, -0.2) is 44.4 Å². The van der Waals surface area contributed by atoms with E-state index in [1.807, 2.05) is 0 Å². The van der Waals surface area contributed by atoms with Gasteiger partial charge in [0.05, 0.1) is 40.1 Å². The van der Waals surface area contributed by atoms with Crippen LogP contribution in [-0.2, 0) is 4.79 Å². The van der Waals surface area contributed by atoms with Crippen LogP contribution in [0.15, 0.2) is 24.5 Å². The Bertz CT molecular complexity index is 996. The lowest BCUT2D eigenvalue weighted by molar-refractivity contribution is -0.384. The summed E-state index contributed by atoms with van der Waals surface area (Å²) in [5.74, 6) is -0.303. The Morgan fingerprint density at radius 3 is 2.57 bits per heavy atom. The van der Waals surface area contributed by atoms with Crippen LogP contribution in [0.4, 0.5) is 21.9 Å². The van der Waals surface area contributed by atoms with Gasteiger partial charge in [0.2, 0.25) is 5.91 Å². The summed E-state index contributed by atoms with van der Waals surface area (Å²) in [4.78, 5) is 37.7. The van der Waals surface area contributed by atoms with Crippen molar-refractivity contribution >= 4 is 29.1 Å². The number of nitro benzene ring substituents is 1. The number of carbonyl (C=O) groups is 2. The second-order valence-corrected chi connectivity index (χ2v) is 7.19. The highest BCUT2D eigenvalue weighted by molar-refractivity contribution is 6.04. The Morgan fingerprint density at radius 1 is 1.29 bits per heavy atom. The molecule has 1 aliphatic carbocycles. The molecule has 0 radical (unpaired) electrons. The highest BCUT2D eigenvalue weighted by Gasteiger charge is 2.36. The molecular weight excluding hydrogens is 366 g/mol. The minimum atomic E-state index is -1.18. The van der Waals surface area contributed by atoms with E-state index in [-0.39, 0.29) is 35.1 Å². The molecule has 0 bridgehead atoms. The molecule has 1 fully saturated rings. The number of nitrogens with zero attached hydrogens (tertiary/aromatic N) is 5. The number of aromatic nitrogens is 2. The normalized spacial score (nSPS) is 18.7. The number of hydrogen-bond donors (Lipinski definition) is 1. The van der Waals surface area contributed by atoms with Gasteiger partial charge in [0.1, 0.15) is 0 Å². The van der Waals surface area contributed by atoms with Crippen LogP contribution >= 0.6 is 0 Å². The average Bonchev–Trinajstić information content (AvgIpc) is 3.36. The molecule has 28 heavy (non-hydrogen) atoms. The van der Waals surface area contributed by atoms with Crippen molar-refractivity contribution in [2.45, 2.75) is 38.8 Å². The number of rotatable bonds is 3. The fraction of sp³-hybridized carbons (Fsp3) is 0.389. The largest absolute Gasteiger partial charge is 0.465 e. The molecule has 1 atom stereocenters. The van der Waals surface area contributed by atoms with Crippen molar-refractivity contribution in [2.24, 2.45) is 0 Å². The molecule has 10 heteroatoms. The number of amides is 2. The van der Waals surface area contributed by atoms with Crippen molar-refractivity contribution in [3.8, 4) is 11.1 Å². The molecule has 4 rings (SSSR count). The molecule has 1 aliphatic heterocycles. The first kappa shape index (κ1) is 18.0. The summed E-state index contributed by atoms with van der Waals surface area (Å²) in [6, 6.07) is 2.63. The van der Waals surface area contributed by atoms with Gasteiger partial charge in [-0.1, -0.05) is 0 Å². The van der Waals surface area contributed by atoms with Gasteiger partial charge in [-0.05, 0) is 25.8 Å². The molecule has 2 aromatic rings. The maximum atomic E-state index is 12.1. The highest BCUT2D eigenvalue weighted by Crippen LogP contribution is 2.44. The average molecular weight is 385 g/mol. The summed E-state index contributed by atoms with van der Waals surface area (Å²) in [7, 11) is 0. The Kier molecular flexibility index (Phi) is 4.06. The predicted octanol–water partition coefficient (Wildman–Crippen LogP) is 3.03. The summed E-state index contributed by atoms with van der Waals surface area (Å²) in [6.07, 6.45) is 4.15. The monoisotopic (exact) mass is 385 g/mol. The number of carbonyl (C=O) groups excluding carboxylic acids is 1. The molecule has 10 nitrogen and oxygen atoms in total. The van der Waals surface area contributed by atoms with E-state index in [1.54, 1.807) is 24.0 Å². The van der Waals surface area contributed by atoms with Crippen LogP contribution in [0.5, 0.6) is 0 Å². The summed E-state index contributed by atoms with van der Waals surface area (Å²) < 4.78 is 1.78. The fourth-order valence-electron chi connectivity index (χ4n) is 3.72. The van der Waals surface area contributed by atoms with Crippen LogP contribution in [0.25, 0.3) is 11.1 Å². The van der Waals surface area contributed by atoms with Gasteiger partial charge in [-0.15, -0.1) is 0 Å². The van der Waals surface area contributed by atoms with Gasteiger partial charge in [-0.25, -0.2) is 4.79 Å². The molecule has 1 aromatic heterocycles. The predicted molar refractivity (Wildman–Crippen MR) is 101 cm³/mol. The second-order valence-electron chi connectivity index (χ2n) is 7.19. The van der Waals surface area contributed by atoms with E-state index < -0.39 is 17.1 Å². The van der Waals surface area contributed by atoms with Crippen LogP contribution in [0.1, 0.15) is 32.7 Å². The van der Waals surface area contributed by atoms with E-state index in [9.17, 15) is 24.8 Å². The maximum Gasteiger partial charge on any atom is 0.411 e. The first-order valence-electron chi connectivity index (χ1n) is 8.95. The third-order valence-electron chi connectivity index (χ3n) is 5.13. The molecule has 0 spiro atoms. The molecule has 2 heterocycles. The minimum absolute atomic E-state index is 0.0838. The highest BCUT2D eigenvalue weighted by atomic mass is 16.6. The van der Waals surface area contributed by atoms with Crippen molar-refractivity contribution in [2.75, 3.05) is 16.3 Å². The van der Waals surface area contributed by atoms with Gasteiger partial charge in [-0.2, -0.15) is 5.10 Å². The zero-order chi connectivity index (χ0) is 20.2. The summed E-state index contributed by atoms with van der Waals surface area (Å²) >= 11 is 0. The smallest absolute Gasteiger partial charge is 0.411 e. The zero-order valence-electron chi connectivity index (χ0n) is 15.4. The SMILES string of the molecule is CC(=O)N1c2cc([N+](=O)[O-])c(-c3cnn(C4CC4)c3)cc2N(C(=O)O)C[C@@H]1C. The molecule has 1 saturated carbocycles. The van der Waals surface area contributed by atoms with Crippen LogP contribution < -0.4 is 9.80 Å². The first-order valence-corrected chi connectivity index (χ1v) is 8.95. The molecule has 1 aromatic carbocycles. The molecule has 1 N–H and O–H groups in total. The van der Waals surface area contributed by atoms with Gasteiger partial charge in [0.15, 0.2) is 0 Å². The number of carboxylic acid groups (broad SMARTS) is 1. The van der Waals surface area contributed by atoms with E-state index in [1.165, 1.54) is 24.0 Å². The maximum absolute atomic E-state index is 12.1. The molecule has 2 aliphatic rings. The number of anilines is 2. The molecule has 2 amide bonds. The lowest BCUT2D eigenvalue weighted by atomic mass is 10.0. The standard InChI is InChI=1S/C18H19N5O5/c1-10-8-20(18(25)26)16-5-14(12-7-19-21(9-12)13-3-4-13)15(23(27)28)6-17(16)22(10)11(2)24/h5-7,9-10,13H,3-4,8H2,1-2H3,(H,25,26)/t10-/m0/s1. The third-order valence-corrected chi connectivity index (χ3v) is 5.13. The van der Waals surface area contributed by atoms with E-state index in [0.717, 1.165) is 17.7 Å². The summed E-state index contributed by atoms with van der Waals surface area (Å²) in [5.41, 5.74) is 1.10. The molecular formula is C18H19N5O5. The number of hydrogen-bond acceptors (Lipinski definition) is 5. The van der Waals surface area contributed by atoms with Crippen molar-refractivity contribution < 1.29 is 19.6 Å². The Morgan fingerprint density at radius 2 is 2.00 bits per heavy atom. The van der Waals surface area contributed by atoms with E-state index in [2.05, 4.69) is 5.10 Å². The lowest BCUT2D eigenvalue weighted by Crippen LogP contribution is -2.51. The zero-order valence-corrected chi connectivity index (χ0v) is 15.4. The second kappa shape index (κ2) is 6.32. The van der Waals surface area contributed by atoms with Gasteiger partial charge in [-0.3, -0.25) is 24.5 Å². The van der Waals surface area contributed by atoms with Gasteiger partial charge in [0, 0.05) is 31.3 Å². The van der Waals surface area contributed by atoms with Crippen LogP contribution in [0.3, 0.4) is 0 Å². The Hall–Kier alpha value is -3.43. The van der Waals surface area contributed by atoms with Gasteiger partial charge in [0.25, 0.3) is 5.69 Å². The Balaban J connectivity index is 1.92. The minimum Gasteiger partial charge on any atom is -0.465 e. The summed E-state index contributed by atoms with van der Waals surface area (Å²) in [6.45, 7) is 3.15. The van der Waals surface area contributed by atoms with Crippen molar-refractivity contribution in [1.82, 2.24) is 9.78 Å². The summed E-state index contributed by atoms with van der Waals surface area (Å²) in [5, 5.41) is 25.7. The van der Waals surface area contributed by atoms with Crippen molar-refractivity contribution in [1.29, 1.82) is 0 Å². The van der Waals surface area contributed by atoms with Gasteiger partial charge < -0.3 is 10.0 Å². The lowest BCUT2D eigenvalue weighted by Gasteiger charge is -2.39. The topological polar surface area (TPSA) is 122 Å². The molecule has 146 valence electrons. The van der Waals surface area contributed by atoms with Gasteiger partial charge >= 0.3 is 6.09 Å². The Labute approximate surface area is 160 Å². The number of fused-ring (bicyclic) bond motifs is 1. The number of benzene rings is 1. The fourth-order valence-corrected chi connectivity index (χ4v) is 3.72. The van der Waals surface area contributed by atoms with Crippen LogP contribution in [0.2, 0.25) is 0 Å². The van der Waals surface area contributed by atoms with Crippen LogP contribution in [0, 0.1) is 10.1 Å². The quantitative estimate of drug-likeness (QED) is 0.640. The van der Waals surface area contributed by atoms with E-state index in [4.69, 9.17) is 0 Å². The van der Waals surface area contributed by atoms with E-state index in [0.29, 0.717) is 11.6 Å². The van der Waals surface area contributed by atoms with E-state index >= 15 is 0 Å². The first-order chi connectivity index (χ1) is 13.3.